The number of halogens is 2. The van der Waals surface area contributed by atoms with Gasteiger partial charge in [0, 0.05) is 0 Å². The molecule has 4 nitrogen and oxygen atoms in total. The van der Waals surface area contributed by atoms with Crippen molar-refractivity contribution in [3.63, 3.8) is 0 Å². The molecule has 0 aliphatic heterocycles. The Hall–Kier alpha value is -2.27. The summed E-state index contributed by atoms with van der Waals surface area (Å²) in [5, 5.41) is 2.53. The van der Waals surface area contributed by atoms with Crippen molar-refractivity contribution >= 4 is 28.9 Å². The lowest BCUT2D eigenvalue weighted by atomic mass is 10.1. The molecule has 0 spiro atoms. The predicted molar refractivity (Wildman–Crippen MR) is 76.8 cm³/mol. The maximum atomic E-state index is 13.6. The lowest BCUT2D eigenvalue weighted by Gasteiger charge is -2.12. The highest BCUT2D eigenvalue weighted by Crippen LogP contribution is 2.29. The highest BCUT2D eigenvalue weighted by Gasteiger charge is 2.17. The number of amides is 1. The third kappa shape index (κ3) is 2.67. The third-order valence-electron chi connectivity index (χ3n) is 2.70. The average Bonchev–Trinajstić information content (AvgIpc) is 2.42. The third-order valence-corrected chi connectivity index (χ3v) is 3.01. The van der Waals surface area contributed by atoms with Crippen LogP contribution in [0, 0.1) is 5.82 Å². The van der Waals surface area contributed by atoms with Crippen molar-refractivity contribution in [3.05, 3.63) is 52.8 Å². The molecule has 0 aromatic heterocycles. The van der Waals surface area contributed by atoms with Crippen LogP contribution in [0.4, 0.5) is 15.8 Å². The Morgan fingerprint density at radius 2 is 2.00 bits per heavy atom. The number of carbonyl (C=O) groups is 1. The van der Waals surface area contributed by atoms with Gasteiger partial charge >= 0.3 is 0 Å². The standard InChI is InChI=1S/C14H12ClFN2O2/c1-20-13-8(4-2-7-11(13)17)14(19)18-12-9(15)5-3-6-10(12)16/h2-7H,17H2,1H3,(H,18,19). The Bertz CT molecular complexity index is 641. The van der Waals surface area contributed by atoms with E-state index in [2.05, 4.69) is 5.32 Å². The number of benzene rings is 2. The van der Waals surface area contributed by atoms with Crippen LogP contribution < -0.4 is 15.8 Å². The molecule has 0 aliphatic rings. The maximum Gasteiger partial charge on any atom is 0.259 e. The zero-order chi connectivity index (χ0) is 14.7. The van der Waals surface area contributed by atoms with Crippen molar-refractivity contribution in [1.29, 1.82) is 0 Å². The number of nitrogens with one attached hydrogen (secondary N) is 1. The fraction of sp³-hybridized carbons (Fsp3) is 0.0714. The van der Waals surface area contributed by atoms with E-state index >= 15 is 0 Å². The minimum absolute atomic E-state index is 0.0800. The first-order chi connectivity index (χ1) is 9.54. The highest BCUT2D eigenvalue weighted by molar-refractivity contribution is 6.34. The monoisotopic (exact) mass is 294 g/mol. The van der Waals surface area contributed by atoms with Crippen LogP contribution in [0.15, 0.2) is 36.4 Å². The van der Waals surface area contributed by atoms with E-state index in [4.69, 9.17) is 22.1 Å². The number of carbonyl (C=O) groups excluding carboxylic acids is 1. The molecule has 0 atom stereocenters. The van der Waals surface area contributed by atoms with Gasteiger partial charge in [-0.2, -0.15) is 0 Å². The fourth-order valence-electron chi connectivity index (χ4n) is 1.76. The minimum atomic E-state index is -0.617. The Morgan fingerprint density at radius 1 is 1.30 bits per heavy atom. The largest absolute Gasteiger partial charge is 0.494 e. The number of hydrogen-bond donors (Lipinski definition) is 2. The molecule has 1 amide bonds. The fourth-order valence-corrected chi connectivity index (χ4v) is 1.97. The molecule has 0 saturated heterocycles. The zero-order valence-corrected chi connectivity index (χ0v) is 11.4. The summed E-state index contributed by atoms with van der Waals surface area (Å²) in [5.41, 5.74) is 6.16. The van der Waals surface area contributed by atoms with E-state index in [1.807, 2.05) is 0 Å². The second-order valence-corrected chi connectivity index (χ2v) is 4.39. The molecular formula is C14H12ClFN2O2. The number of para-hydroxylation sites is 2. The van der Waals surface area contributed by atoms with Gasteiger partial charge in [-0.05, 0) is 24.3 Å². The predicted octanol–water partition coefficient (Wildman–Crippen LogP) is 3.32. The second kappa shape index (κ2) is 5.79. The second-order valence-electron chi connectivity index (χ2n) is 3.98. The van der Waals surface area contributed by atoms with E-state index in [1.54, 1.807) is 12.1 Å². The van der Waals surface area contributed by atoms with Crippen molar-refractivity contribution in [2.45, 2.75) is 0 Å². The van der Waals surface area contributed by atoms with Gasteiger partial charge in [0.05, 0.1) is 29.1 Å². The first-order valence-electron chi connectivity index (χ1n) is 5.72. The molecule has 0 unspecified atom stereocenters. The molecule has 0 aliphatic carbocycles. The molecule has 0 fully saturated rings. The van der Waals surface area contributed by atoms with Gasteiger partial charge in [0.1, 0.15) is 5.82 Å². The molecule has 20 heavy (non-hydrogen) atoms. The molecule has 0 bridgehead atoms. The van der Waals surface area contributed by atoms with Crippen LogP contribution in [0.5, 0.6) is 5.75 Å². The Kier molecular flexibility index (Phi) is 4.10. The van der Waals surface area contributed by atoms with Crippen LogP contribution in [0.3, 0.4) is 0 Å². The minimum Gasteiger partial charge on any atom is -0.494 e. The number of nitrogen functional groups attached to an aromatic ring is 1. The van der Waals surface area contributed by atoms with Gasteiger partial charge in [0.15, 0.2) is 5.75 Å². The summed E-state index contributed by atoms with van der Waals surface area (Å²) in [6, 6.07) is 8.88. The Balaban J connectivity index is 2.36. The summed E-state index contributed by atoms with van der Waals surface area (Å²) in [7, 11) is 1.40. The quantitative estimate of drug-likeness (QED) is 0.854. The van der Waals surface area contributed by atoms with Crippen LogP contribution >= 0.6 is 11.6 Å². The van der Waals surface area contributed by atoms with Crippen molar-refractivity contribution in [1.82, 2.24) is 0 Å². The van der Waals surface area contributed by atoms with Crippen LogP contribution in [-0.2, 0) is 0 Å². The van der Waals surface area contributed by atoms with Crippen molar-refractivity contribution < 1.29 is 13.9 Å². The van der Waals surface area contributed by atoms with Crippen LogP contribution in [0.25, 0.3) is 0 Å². The van der Waals surface area contributed by atoms with Gasteiger partial charge in [-0.25, -0.2) is 4.39 Å². The molecule has 0 heterocycles. The number of nitrogens with two attached hydrogens (primary N) is 1. The molecule has 0 radical (unpaired) electrons. The Morgan fingerprint density at radius 3 is 2.65 bits per heavy atom. The van der Waals surface area contributed by atoms with E-state index < -0.39 is 11.7 Å². The van der Waals surface area contributed by atoms with E-state index in [0.717, 1.165) is 0 Å². The molecule has 2 aromatic rings. The summed E-state index contributed by atoms with van der Waals surface area (Å²) in [6.45, 7) is 0. The SMILES string of the molecule is COc1c(N)cccc1C(=O)Nc1c(F)cccc1Cl. The van der Waals surface area contributed by atoms with Crippen molar-refractivity contribution in [2.75, 3.05) is 18.2 Å². The molecule has 104 valence electrons. The first-order valence-corrected chi connectivity index (χ1v) is 6.10. The topological polar surface area (TPSA) is 64.3 Å². The summed E-state index contributed by atoms with van der Waals surface area (Å²) in [5.74, 6) is -0.938. The molecular weight excluding hydrogens is 283 g/mol. The summed E-state index contributed by atoms with van der Waals surface area (Å²) in [4.78, 5) is 12.2. The summed E-state index contributed by atoms with van der Waals surface area (Å²) < 4.78 is 18.7. The summed E-state index contributed by atoms with van der Waals surface area (Å²) in [6.07, 6.45) is 0. The van der Waals surface area contributed by atoms with Gasteiger partial charge in [0.2, 0.25) is 0 Å². The number of hydrogen-bond acceptors (Lipinski definition) is 3. The van der Waals surface area contributed by atoms with E-state index in [-0.39, 0.29) is 22.0 Å². The number of anilines is 2. The molecule has 2 rings (SSSR count). The van der Waals surface area contributed by atoms with Crippen molar-refractivity contribution in [2.24, 2.45) is 0 Å². The van der Waals surface area contributed by atoms with Gasteiger partial charge in [-0.1, -0.05) is 23.7 Å². The number of rotatable bonds is 3. The van der Waals surface area contributed by atoms with E-state index in [0.29, 0.717) is 5.69 Å². The number of methoxy groups -OCH3 is 1. The van der Waals surface area contributed by atoms with Crippen LogP contribution in [-0.4, -0.2) is 13.0 Å². The first kappa shape index (κ1) is 14.1. The lowest BCUT2D eigenvalue weighted by Crippen LogP contribution is -2.15. The van der Waals surface area contributed by atoms with Gasteiger partial charge < -0.3 is 15.8 Å². The maximum absolute atomic E-state index is 13.6. The molecule has 0 saturated carbocycles. The zero-order valence-electron chi connectivity index (χ0n) is 10.6. The molecule has 3 N–H and O–H groups in total. The van der Waals surface area contributed by atoms with Crippen molar-refractivity contribution in [3.8, 4) is 5.75 Å². The van der Waals surface area contributed by atoms with Gasteiger partial charge in [-0.15, -0.1) is 0 Å². The Labute approximate surface area is 120 Å². The average molecular weight is 295 g/mol. The van der Waals surface area contributed by atoms with Crippen LogP contribution in [0.1, 0.15) is 10.4 Å². The summed E-state index contributed by atoms with van der Waals surface area (Å²) >= 11 is 5.86. The molecule has 6 heteroatoms. The van der Waals surface area contributed by atoms with Gasteiger partial charge in [-0.3, -0.25) is 4.79 Å². The molecule has 2 aromatic carbocycles. The normalized spacial score (nSPS) is 10.2. The number of ether oxygens (including phenoxy) is 1. The van der Waals surface area contributed by atoms with E-state index in [9.17, 15) is 9.18 Å². The van der Waals surface area contributed by atoms with Gasteiger partial charge in [0.25, 0.3) is 5.91 Å². The lowest BCUT2D eigenvalue weighted by molar-refractivity contribution is 0.102. The van der Waals surface area contributed by atoms with E-state index in [1.165, 1.54) is 31.4 Å². The highest BCUT2D eigenvalue weighted by atomic mass is 35.5. The smallest absolute Gasteiger partial charge is 0.259 e. The van der Waals surface area contributed by atoms with Crippen LogP contribution in [0.2, 0.25) is 5.02 Å².